The summed E-state index contributed by atoms with van der Waals surface area (Å²) in [6.45, 7) is 1.78. The van der Waals surface area contributed by atoms with Crippen LogP contribution in [-0.2, 0) is 25.7 Å². The van der Waals surface area contributed by atoms with Crippen LogP contribution < -0.4 is 20.3 Å². The third-order valence-corrected chi connectivity index (χ3v) is 10.6. The van der Waals surface area contributed by atoms with E-state index in [4.69, 9.17) is 14.6 Å². The zero-order chi connectivity index (χ0) is 39.2. The summed E-state index contributed by atoms with van der Waals surface area (Å²) >= 11 is 0. The monoisotopic (exact) mass is 778 g/mol. The number of hydrogen-bond acceptors (Lipinski definition) is 11. The van der Waals surface area contributed by atoms with Crippen LogP contribution in [0, 0.1) is 11.6 Å². The number of nitrogens with one attached hydrogen (secondary N) is 2. The number of aromatic nitrogens is 6. The van der Waals surface area contributed by atoms with Gasteiger partial charge in [0.1, 0.15) is 53.6 Å². The van der Waals surface area contributed by atoms with Crippen molar-refractivity contribution in [3.63, 3.8) is 0 Å². The van der Waals surface area contributed by atoms with Crippen LogP contribution in [0.5, 0.6) is 5.75 Å². The summed E-state index contributed by atoms with van der Waals surface area (Å²) in [5.41, 5.74) is 2.79. The summed E-state index contributed by atoms with van der Waals surface area (Å²) in [4.78, 5) is 52.8. The number of anilines is 1. The number of carbonyl (C=O) groups is 3. The Morgan fingerprint density at radius 3 is 2.68 bits per heavy atom. The fraction of sp³-hybridized carbons (Fsp3) is 0.308. The minimum absolute atomic E-state index is 0.0452. The standard InChI is InChI=1S/C39H36F2N10O6/c40-23-7-8-32(29(41)14-23)51-36-27(16-45-51)35(43-21-44-36)50-18-25-15-33(50)38(53)46-31(39(54)55)17-42-37(52)34-20-56-12-11-48(34)9-10-49-19-28-26(5-2-6-30(28)47-49)22-3-1-4-24(13-22)57-25/h1-8,13-14,16,19,21,25,31,33-34H,9-12,15,17-18,20H2,(H,42,52)(H,46,53)(H,54,55)/t25-,31-,33-,34?/m0/s1. The highest BCUT2D eigenvalue weighted by Crippen LogP contribution is 2.35. The number of morpholine rings is 1. The van der Waals surface area contributed by atoms with Gasteiger partial charge < -0.3 is 30.1 Å². The molecule has 4 atom stereocenters. The zero-order valence-corrected chi connectivity index (χ0v) is 30.3. The Morgan fingerprint density at radius 1 is 0.947 bits per heavy atom. The van der Waals surface area contributed by atoms with Gasteiger partial charge in [0.15, 0.2) is 11.5 Å². The molecule has 0 radical (unpaired) electrons. The maximum absolute atomic E-state index is 14.9. The third kappa shape index (κ3) is 6.97. The normalized spacial score (nSPS) is 22.1. The number of amides is 2. The molecule has 0 aliphatic carbocycles. The van der Waals surface area contributed by atoms with Crippen LogP contribution in [0.2, 0.25) is 0 Å². The van der Waals surface area contributed by atoms with E-state index in [2.05, 4.69) is 25.7 Å². The van der Waals surface area contributed by atoms with E-state index < -0.39 is 53.6 Å². The Balaban J connectivity index is 1.10. The lowest BCUT2D eigenvalue weighted by Gasteiger charge is -2.34. The van der Waals surface area contributed by atoms with Gasteiger partial charge in [-0.2, -0.15) is 10.2 Å². The van der Waals surface area contributed by atoms with Crippen molar-refractivity contribution in [3.05, 3.63) is 91.0 Å². The van der Waals surface area contributed by atoms with Crippen molar-refractivity contribution >= 4 is 45.5 Å². The summed E-state index contributed by atoms with van der Waals surface area (Å²) < 4.78 is 43.9. The third-order valence-electron chi connectivity index (χ3n) is 10.6. The van der Waals surface area contributed by atoms with E-state index in [1.165, 1.54) is 23.3 Å². The van der Waals surface area contributed by atoms with Crippen LogP contribution in [0.4, 0.5) is 14.6 Å². The zero-order valence-electron chi connectivity index (χ0n) is 30.3. The maximum atomic E-state index is 14.9. The van der Waals surface area contributed by atoms with Crippen LogP contribution in [0.15, 0.2) is 79.4 Å². The second-order valence-electron chi connectivity index (χ2n) is 14.2. The van der Waals surface area contributed by atoms with Crippen LogP contribution in [0.1, 0.15) is 6.42 Å². The van der Waals surface area contributed by atoms with Crippen molar-refractivity contribution in [1.82, 2.24) is 45.1 Å². The van der Waals surface area contributed by atoms with E-state index in [0.29, 0.717) is 37.4 Å². The van der Waals surface area contributed by atoms with Gasteiger partial charge in [-0.1, -0.05) is 24.3 Å². The Morgan fingerprint density at radius 2 is 1.82 bits per heavy atom. The van der Waals surface area contributed by atoms with Gasteiger partial charge in [-0.25, -0.2) is 28.2 Å². The van der Waals surface area contributed by atoms with E-state index in [1.54, 1.807) is 4.90 Å². The van der Waals surface area contributed by atoms with E-state index in [-0.39, 0.29) is 43.3 Å². The Kier molecular flexibility index (Phi) is 9.41. The number of halogens is 2. The van der Waals surface area contributed by atoms with Gasteiger partial charge in [0.05, 0.1) is 43.4 Å². The van der Waals surface area contributed by atoms with Gasteiger partial charge in [0.25, 0.3) is 0 Å². The molecule has 3 aliphatic heterocycles. The fourth-order valence-electron chi connectivity index (χ4n) is 7.81. The van der Waals surface area contributed by atoms with E-state index >= 15 is 0 Å². The smallest absolute Gasteiger partial charge is 0.328 e. The molecule has 0 spiro atoms. The summed E-state index contributed by atoms with van der Waals surface area (Å²) in [7, 11) is 0. The van der Waals surface area contributed by atoms with Gasteiger partial charge in [0.2, 0.25) is 11.8 Å². The molecule has 3 aromatic heterocycles. The number of fused-ring (bicyclic) bond motifs is 8. The number of ether oxygens (including phenoxy) is 2. The quantitative estimate of drug-likeness (QED) is 0.239. The molecule has 0 saturated carbocycles. The highest BCUT2D eigenvalue weighted by molar-refractivity contribution is 5.95. The molecule has 18 heteroatoms. The Bertz CT molecular complexity index is 2530. The van der Waals surface area contributed by atoms with Crippen LogP contribution in [-0.4, -0.2) is 121 Å². The molecule has 6 bridgehead atoms. The number of benzene rings is 3. The predicted molar refractivity (Wildman–Crippen MR) is 201 cm³/mol. The van der Waals surface area contributed by atoms with Crippen LogP contribution in [0.25, 0.3) is 38.8 Å². The van der Waals surface area contributed by atoms with Crippen molar-refractivity contribution < 1.29 is 37.7 Å². The molecular weight excluding hydrogens is 742 g/mol. The van der Waals surface area contributed by atoms with E-state index in [1.807, 2.05) is 58.2 Å². The lowest BCUT2D eigenvalue weighted by molar-refractivity contribution is -0.142. The minimum Gasteiger partial charge on any atom is -0.488 e. The number of hydrogen-bond donors (Lipinski definition) is 3. The largest absolute Gasteiger partial charge is 0.488 e. The molecule has 3 aromatic carbocycles. The summed E-state index contributed by atoms with van der Waals surface area (Å²) in [5.74, 6) is -3.21. The van der Waals surface area contributed by atoms with Gasteiger partial charge in [-0.05, 0) is 41.5 Å². The lowest BCUT2D eigenvalue weighted by Crippen LogP contribution is -2.58. The average Bonchev–Trinajstić information content (AvgIpc) is 3.95. The number of carbonyl (C=O) groups excluding carboxylic acids is 2. The molecule has 6 aromatic rings. The molecule has 16 nitrogen and oxygen atoms in total. The van der Waals surface area contributed by atoms with Gasteiger partial charge in [0, 0.05) is 43.7 Å². The van der Waals surface area contributed by atoms with Crippen molar-refractivity contribution in [2.24, 2.45) is 0 Å². The number of carboxylic acids is 1. The Labute approximate surface area is 323 Å². The van der Waals surface area contributed by atoms with Crippen molar-refractivity contribution in [2.45, 2.75) is 37.2 Å². The number of nitrogens with zero attached hydrogens (tertiary/aromatic N) is 8. The minimum atomic E-state index is -1.48. The summed E-state index contributed by atoms with van der Waals surface area (Å²) in [6.07, 6.45) is 4.19. The number of rotatable bonds is 3. The Hall–Kier alpha value is -6.53. The molecular formula is C39H36F2N10O6. The molecule has 1 unspecified atom stereocenters. The van der Waals surface area contributed by atoms with Crippen LogP contribution in [0.3, 0.4) is 0 Å². The summed E-state index contributed by atoms with van der Waals surface area (Å²) in [5, 5.41) is 26.0. The molecule has 9 rings (SSSR count). The molecule has 3 aliphatic rings. The lowest BCUT2D eigenvalue weighted by atomic mass is 10.0. The first-order valence-corrected chi connectivity index (χ1v) is 18.5. The average molecular weight is 779 g/mol. The van der Waals surface area contributed by atoms with Gasteiger partial charge in [-0.3, -0.25) is 19.2 Å². The van der Waals surface area contributed by atoms with Crippen molar-refractivity contribution in [2.75, 3.05) is 44.3 Å². The molecule has 2 amide bonds. The first kappa shape index (κ1) is 36.1. The molecule has 6 heterocycles. The van der Waals surface area contributed by atoms with E-state index in [0.717, 1.165) is 34.2 Å². The maximum Gasteiger partial charge on any atom is 0.328 e. The van der Waals surface area contributed by atoms with Crippen molar-refractivity contribution in [1.29, 1.82) is 0 Å². The van der Waals surface area contributed by atoms with Crippen LogP contribution >= 0.6 is 0 Å². The van der Waals surface area contributed by atoms with Gasteiger partial charge >= 0.3 is 5.97 Å². The summed E-state index contributed by atoms with van der Waals surface area (Å²) in [6, 6.07) is 13.4. The fourth-order valence-corrected chi connectivity index (χ4v) is 7.81. The first-order valence-electron chi connectivity index (χ1n) is 18.5. The molecule has 292 valence electrons. The highest BCUT2D eigenvalue weighted by atomic mass is 19.1. The first-order chi connectivity index (χ1) is 27.7. The van der Waals surface area contributed by atoms with Crippen molar-refractivity contribution in [3.8, 4) is 22.6 Å². The molecule has 3 N–H and O–H groups in total. The number of carboxylic acid groups (broad SMARTS) is 1. The second-order valence-corrected chi connectivity index (χ2v) is 14.2. The molecule has 2 fully saturated rings. The molecule has 2 saturated heterocycles. The topological polar surface area (TPSA) is 182 Å². The van der Waals surface area contributed by atoms with Gasteiger partial charge in [-0.15, -0.1) is 0 Å². The SMILES string of the molecule is O=C1NC[C@@H](C(=O)O)NC(=O)[C@@H]2C[C@@H](CN2c2ncnc3c2cnn3-c2ccc(F)cc2F)Oc2cccc(c2)-c2cccc3nn(cc23)CCN2CCOCC12. The number of aliphatic carboxylic acids is 1. The second kappa shape index (κ2) is 14.8. The van der Waals surface area contributed by atoms with E-state index in [9.17, 15) is 28.3 Å². The highest BCUT2D eigenvalue weighted by Gasteiger charge is 2.41. The molecule has 57 heavy (non-hydrogen) atoms. The predicted octanol–water partition coefficient (Wildman–Crippen LogP) is 2.54.